The Labute approximate surface area is 255 Å². The summed E-state index contributed by atoms with van der Waals surface area (Å²) in [6, 6.07) is 22.4. The van der Waals surface area contributed by atoms with Crippen LogP contribution in [0.2, 0.25) is 0 Å². The van der Waals surface area contributed by atoms with Gasteiger partial charge in [-0.3, -0.25) is 14.2 Å². The van der Waals surface area contributed by atoms with Crippen molar-refractivity contribution in [1.82, 2.24) is 14.9 Å². The average Bonchev–Trinajstić information content (AvgIpc) is 3.65. The molecule has 5 rings (SSSR count). The van der Waals surface area contributed by atoms with Gasteiger partial charge >= 0.3 is 0 Å². The Kier molecular flexibility index (Phi) is 9.66. The van der Waals surface area contributed by atoms with Gasteiger partial charge in [0.05, 0.1) is 35.5 Å². The van der Waals surface area contributed by atoms with E-state index in [2.05, 4.69) is 64.9 Å². The number of hydrogen-bond acceptors (Lipinski definition) is 8. The number of nitrogens with zero attached hydrogens (tertiary/aromatic N) is 5. The predicted octanol–water partition coefficient (Wildman–Crippen LogP) is 6.74. The number of rotatable bonds is 12. The molecule has 0 bridgehead atoms. The standard InChI is InChI=1S/C33H36N6O3S/c1-5-42-33-36-29-12-8-11-28(32(41)35-25(17-21(2)3)20-43-22(4)40)31(29)39(33)19-23-13-15-24(16-14-23)26-9-6-7-10-27(26)30-18-34-38-37-30/h6-16,21,25H,5,17-20H2,1-4H3,(H,35,41). The van der Waals surface area contributed by atoms with Gasteiger partial charge in [0.25, 0.3) is 11.9 Å². The molecule has 1 N–H and O–H groups in total. The number of fused-ring (bicyclic) bond motifs is 1. The van der Waals surface area contributed by atoms with E-state index in [-0.39, 0.29) is 17.1 Å². The van der Waals surface area contributed by atoms with E-state index in [0.29, 0.717) is 54.0 Å². The molecule has 1 atom stereocenters. The third kappa shape index (κ3) is 7.19. The second kappa shape index (κ2) is 13.8. The molecule has 1 aromatic heterocycles. The molecule has 1 amide bonds. The lowest BCUT2D eigenvalue weighted by Gasteiger charge is -2.20. The number of para-hydroxylation sites is 1. The minimum absolute atomic E-state index is 0.0392. The summed E-state index contributed by atoms with van der Waals surface area (Å²) in [6.45, 7) is 9.09. The molecule has 1 aliphatic rings. The summed E-state index contributed by atoms with van der Waals surface area (Å²) in [5.41, 5.74) is 6.97. The Morgan fingerprint density at radius 1 is 1.02 bits per heavy atom. The number of carbonyl (C=O) groups excluding carboxylic acids is 2. The maximum absolute atomic E-state index is 13.7. The summed E-state index contributed by atoms with van der Waals surface area (Å²) in [4.78, 5) is 30.1. The number of thioether (sulfide) groups is 1. The van der Waals surface area contributed by atoms with Gasteiger partial charge in [0, 0.05) is 24.3 Å². The highest BCUT2D eigenvalue weighted by Gasteiger charge is 2.22. The van der Waals surface area contributed by atoms with E-state index in [1.54, 1.807) is 6.92 Å². The second-order valence-electron chi connectivity index (χ2n) is 10.9. The molecule has 1 aliphatic heterocycles. The third-order valence-corrected chi connectivity index (χ3v) is 8.10. The summed E-state index contributed by atoms with van der Waals surface area (Å²) in [5, 5.41) is 15.2. The van der Waals surface area contributed by atoms with Crippen LogP contribution >= 0.6 is 11.8 Å². The lowest BCUT2D eigenvalue weighted by Crippen LogP contribution is -2.38. The molecule has 0 aliphatic carbocycles. The van der Waals surface area contributed by atoms with Gasteiger partial charge in [-0.25, -0.2) is 0 Å². The molecule has 0 saturated carbocycles. The smallest absolute Gasteiger partial charge is 0.297 e. The van der Waals surface area contributed by atoms with Crippen LogP contribution in [-0.2, 0) is 11.3 Å². The highest BCUT2D eigenvalue weighted by Crippen LogP contribution is 2.29. The van der Waals surface area contributed by atoms with Crippen LogP contribution in [0.4, 0.5) is 0 Å². The molecule has 43 heavy (non-hydrogen) atoms. The fourth-order valence-corrected chi connectivity index (χ4v) is 5.92. The maximum atomic E-state index is 13.7. The lowest BCUT2D eigenvalue weighted by molar-refractivity contribution is -0.109. The summed E-state index contributed by atoms with van der Waals surface area (Å²) in [7, 11) is 0. The van der Waals surface area contributed by atoms with Crippen LogP contribution in [0, 0.1) is 5.92 Å². The summed E-state index contributed by atoms with van der Waals surface area (Å²) in [6.07, 6.45) is 0.776. The first-order chi connectivity index (χ1) is 20.8. The number of amides is 1. The van der Waals surface area contributed by atoms with Crippen molar-refractivity contribution in [3.8, 4) is 17.1 Å². The number of hydrogen-bond donors (Lipinski definition) is 1. The minimum atomic E-state index is -0.190. The van der Waals surface area contributed by atoms with Gasteiger partial charge in [-0.15, -0.1) is 5.10 Å². The van der Waals surface area contributed by atoms with Crippen molar-refractivity contribution in [3.63, 3.8) is 0 Å². The largest absolute Gasteiger partial charge is 0.465 e. The highest BCUT2D eigenvalue weighted by molar-refractivity contribution is 8.13. The van der Waals surface area contributed by atoms with Crippen molar-refractivity contribution in [2.45, 2.75) is 46.7 Å². The molecule has 0 fully saturated rings. The topological polar surface area (TPSA) is 110 Å². The third-order valence-electron chi connectivity index (χ3n) is 7.12. The van der Waals surface area contributed by atoms with Gasteiger partial charge < -0.3 is 10.1 Å². The van der Waals surface area contributed by atoms with Gasteiger partial charge in [0.1, 0.15) is 6.54 Å². The second-order valence-corrected chi connectivity index (χ2v) is 12.1. The van der Waals surface area contributed by atoms with Crippen molar-refractivity contribution >= 4 is 39.5 Å². The predicted molar refractivity (Wildman–Crippen MR) is 172 cm³/mol. The molecule has 1 unspecified atom stereocenters. The molecule has 3 aromatic carbocycles. The van der Waals surface area contributed by atoms with E-state index in [9.17, 15) is 9.59 Å². The number of benzene rings is 3. The average molecular weight is 597 g/mol. The molecule has 9 nitrogen and oxygen atoms in total. The van der Waals surface area contributed by atoms with Crippen LogP contribution in [0.3, 0.4) is 0 Å². The van der Waals surface area contributed by atoms with Gasteiger partial charge in [0.2, 0.25) is 0 Å². The molecule has 0 radical (unpaired) electrons. The first-order valence-electron chi connectivity index (χ1n) is 14.5. The van der Waals surface area contributed by atoms with Crippen molar-refractivity contribution in [2.75, 3.05) is 18.9 Å². The monoisotopic (exact) mass is 596 g/mol. The van der Waals surface area contributed by atoms with Crippen LogP contribution in [0.15, 0.2) is 82.2 Å². The lowest BCUT2D eigenvalue weighted by atomic mass is 9.96. The van der Waals surface area contributed by atoms with E-state index in [1.807, 2.05) is 47.9 Å². The fourth-order valence-electron chi connectivity index (χ4n) is 5.27. The Bertz CT molecular complexity index is 1680. The number of nitrogens with one attached hydrogen (secondary N) is 1. The summed E-state index contributed by atoms with van der Waals surface area (Å²) >= 11 is 1.24. The van der Waals surface area contributed by atoms with Crippen molar-refractivity contribution in [2.24, 2.45) is 21.4 Å². The first kappa shape index (κ1) is 30.2. The van der Waals surface area contributed by atoms with Gasteiger partial charge in [0.15, 0.2) is 5.12 Å². The van der Waals surface area contributed by atoms with Crippen LogP contribution in [0.5, 0.6) is 6.01 Å². The zero-order chi connectivity index (χ0) is 30.3. The van der Waals surface area contributed by atoms with E-state index in [1.165, 1.54) is 11.8 Å². The number of aromatic nitrogens is 2. The zero-order valence-electron chi connectivity index (χ0n) is 24.9. The molecule has 222 valence electrons. The summed E-state index contributed by atoms with van der Waals surface area (Å²) < 4.78 is 7.91. The van der Waals surface area contributed by atoms with E-state index >= 15 is 0 Å². The number of carbonyl (C=O) groups is 2. The molecular formula is C33H36N6O3S. The number of imidazole rings is 1. The quantitative estimate of drug-likeness (QED) is 0.195. The van der Waals surface area contributed by atoms with Crippen LogP contribution in [-0.4, -0.2) is 51.2 Å². The molecule has 0 saturated heterocycles. The van der Waals surface area contributed by atoms with Crippen LogP contribution in [0.25, 0.3) is 22.2 Å². The Morgan fingerprint density at radius 3 is 2.47 bits per heavy atom. The minimum Gasteiger partial charge on any atom is -0.465 e. The Morgan fingerprint density at radius 2 is 1.79 bits per heavy atom. The fraction of sp³-hybridized carbons (Fsp3) is 0.333. The van der Waals surface area contributed by atoms with Gasteiger partial charge in [-0.1, -0.05) is 80.2 Å². The van der Waals surface area contributed by atoms with E-state index < -0.39 is 0 Å². The normalized spacial score (nSPS) is 13.4. The molecule has 2 heterocycles. The molecule has 4 aromatic rings. The van der Waals surface area contributed by atoms with Crippen molar-refractivity contribution in [3.05, 3.63) is 83.4 Å². The van der Waals surface area contributed by atoms with E-state index in [0.717, 1.165) is 34.4 Å². The molecular weight excluding hydrogens is 560 g/mol. The zero-order valence-corrected chi connectivity index (χ0v) is 25.7. The van der Waals surface area contributed by atoms with Gasteiger partial charge in [-0.2, -0.15) is 10.1 Å². The van der Waals surface area contributed by atoms with E-state index in [4.69, 9.17) is 9.72 Å². The van der Waals surface area contributed by atoms with Gasteiger partial charge in [-0.05, 0) is 53.3 Å². The molecule has 0 spiro atoms. The van der Waals surface area contributed by atoms with Crippen molar-refractivity contribution < 1.29 is 14.3 Å². The molecule has 10 heteroatoms. The van der Waals surface area contributed by atoms with Crippen molar-refractivity contribution in [1.29, 1.82) is 0 Å². The Balaban J connectivity index is 1.45. The first-order valence-corrected chi connectivity index (χ1v) is 15.5. The number of ether oxygens (including phenoxy) is 1. The highest BCUT2D eigenvalue weighted by atomic mass is 32.2. The maximum Gasteiger partial charge on any atom is 0.297 e. The van der Waals surface area contributed by atoms with Crippen LogP contribution in [0.1, 0.15) is 55.6 Å². The van der Waals surface area contributed by atoms with Crippen LogP contribution < -0.4 is 10.1 Å². The SMILES string of the molecule is CCOc1nc2cccc(C(=O)NC(CSC(C)=O)CC(C)C)c2n1Cc1ccc(-c2ccccc2C2=NN=NC2)cc1. The summed E-state index contributed by atoms with van der Waals surface area (Å²) in [5.74, 6) is 0.713. The Hall–Kier alpha value is -4.31.